The van der Waals surface area contributed by atoms with E-state index in [1.807, 2.05) is 0 Å². The van der Waals surface area contributed by atoms with Gasteiger partial charge in [0.2, 0.25) is 0 Å². The number of allylic oxidation sites excluding steroid dienone is 1. The minimum Gasteiger partial charge on any atom is -0.271 e. The van der Waals surface area contributed by atoms with Gasteiger partial charge >= 0.3 is 0 Å². The Bertz CT molecular complexity index is 227. The van der Waals surface area contributed by atoms with Crippen LogP contribution in [0.3, 0.4) is 0 Å². The van der Waals surface area contributed by atoms with E-state index in [2.05, 4.69) is 62.7 Å². The van der Waals surface area contributed by atoms with Crippen molar-refractivity contribution >= 4 is 23.5 Å². The summed E-state index contributed by atoms with van der Waals surface area (Å²) in [7, 11) is 0. The molecule has 0 aromatic rings. The van der Waals surface area contributed by atoms with Gasteiger partial charge in [0, 0.05) is 21.5 Å². The zero-order valence-electron chi connectivity index (χ0n) is 9.99. The van der Waals surface area contributed by atoms with Gasteiger partial charge in [0.1, 0.15) is 0 Å². The average molecular weight is 246 g/mol. The molecule has 0 bridgehead atoms. The third-order valence-electron chi connectivity index (χ3n) is 2.68. The Balaban J connectivity index is 2.58. The van der Waals surface area contributed by atoms with Crippen LogP contribution >= 0.6 is 23.5 Å². The molecule has 4 unspecified atom stereocenters. The minimum absolute atomic E-state index is 0.308. The van der Waals surface area contributed by atoms with Crippen molar-refractivity contribution in [3.8, 4) is 0 Å². The van der Waals surface area contributed by atoms with Gasteiger partial charge in [0.25, 0.3) is 0 Å². The first-order chi connectivity index (χ1) is 7.04. The van der Waals surface area contributed by atoms with E-state index in [0.29, 0.717) is 11.3 Å². The fraction of sp³-hybridized carbons (Fsp3) is 0.818. The number of hydrogen-bond donors (Lipinski definition) is 2. The summed E-state index contributed by atoms with van der Waals surface area (Å²) >= 11 is 4.12. The van der Waals surface area contributed by atoms with Gasteiger partial charge in [-0.05, 0) is 13.8 Å². The molecule has 0 aromatic heterocycles. The number of thioether (sulfide) groups is 2. The highest BCUT2D eigenvalue weighted by Crippen LogP contribution is 2.37. The molecule has 1 rings (SSSR count). The van der Waals surface area contributed by atoms with Crippen LogP contribution in [0.15, 0.2) is 11.6 Å². The second-order valence-electron chi connectivity index (χ2n) is 4.35. The molecule has 0 saturated carbocycles. The van der Waals surface area contributed by atoms with Crippen LogP contribution in [0.2, 0.25) is 0 Å². The number of nitrogens with two attached hydrogens (primary N) is 1. The molecule has 2 nitrogen and oxygen atoms in total. The molecule has 15 heavy (non-hydrogen) atoms. The molecule has 1 aliphatic heterocycles. The van der Waals surface area contributed by atoms with E-state index >= 15 is 0 Å². The second-order valence-corrected chi connectivity index (χ2v) is 7.39. The first-order valence-corrected chi connectivity index (χ1v) is 7.42. The van der Waals surface area contributed by atoms with Gasteiger partial charge in [-0.2, -0.15) is 23.5 Å². The van der Waals surface area contributed by atoms with E-state index in [9.17, 15) is 0 Å². The first-order valence-electron chi connectivity index (χ1n) is 5.42. The third kappa shape index (κ3) is 4.02. The zero-order chi connectivity index (χ0) is 11.4. The second kappa shape index (κ2) is 6.18. The van der Waals surface area contributed by atoms with E-state index in [1.165, 1.54) is 11.3 Å². The van der Waals surface area contributed by atoms with Gasteiger partial charge < -0.3 is 0 Å². The summed E-state index contributed by atoms with van der Waals surface area (Å²) in [5.74, 6) is 6.80. The Kier molecular flexibility index (Phi) is 5.53. The van der Waals surface area contributed by atoms with Crippen LogP contribution in [-0.2, 0) is 0 Å². The molecule has 1 aliphatic rings. The molecule has 4 heteroatoms. The van der Waals surface area contributed by atoms with Crippen molar-refractivity contribution in [1.82, 2.24) is 5.43 Å². The molecule has 0 aliphatic carbocycles. The summed E-state index contributed by atoms with van der Waals surface area (Å²) in [6, 6.07) is 0.308. The van der Waals surface area contributed by atoms with Crippen molar-refractivity contribution in [1.29, 1.82) is 0 Å². The molecule has 1 fully saturated rings. The minimum atomic E-state index is 0.308. The van der Waals surface area contributed by atoms with Crippen LogP contribution < -0.4 is 11.3 Å². The Morgan fingerprint density at radius 1 is 1.40 bits per heavy atom. The molecular formula is C11H22N2S2. The molecule has 88 valence electrons. The monoisotopic (exact) mass is 246 g/mol. The van der Waals surface area contributed by atoms with Crippen molar-refractivity contribution in [3.63, 3.8) is 0 Å². The Morgan fingerprint density at radius 2 is 2.07 bits per heavy atom. The number of hydrazine groups is 1. The van der Waals surface area contributed by atoms with Gasteiger partial charge in [-0.3, -0.25) is 11.3 Å². The van der Waals surface area contributed by atoms with Crippen LogP contribution in [0.1, 0.15) is 27.7 Å². The first kappa shape index (κ1) is 13.4. The van der Waals surface area contributed by atoms with Crippen LogP contribution in [0, 0.1) is 0 Å². The number of hydrogen-bond acceptors (Lipinski definition) is 4. The third-order valence-corrected chi connectivity index (χ3v) is 6.20. The lowest BCUT2D eigenvalue weighted by Crippen LogP contribution is -2.45. The van der Waals surface area contributed by atoms with Crippen molar-refractivity contribution in [3.05, 3.63) is 11.6 Å². The maximum Gasteiger partial charge on any atom is 0.0519 e. The number of rotatable bonds is 3. The highest BCUT2D eigenvalue weighted by Gasteiger charge is 2.29. The SMILES string of the molecule is CC(C)=CC(NN)C1CSC(C)C(C)S1. The van der Waals surface area contributed by atoms with Crippen molar-refractivity contribution < 1.29 is 0 Å². The van der Waals surface area contributed by atoms with E-state index in [4.69, 9.17) is 5.84 Å². The Hall–Kier alpha value is 0.360. The quantitative estimate of drug-likeness (QED) is 0.456. The van der Waals surface area contributed by atoms with Crippen LogP contribution in [-0.4, -0.2) is 27.5 Å². The largest absolute Gasteiger partial charge is 0.271 e. The summed E-state index contributed by atoms with van der Waals surface area (Å²) in [4.78, 5) is 0. The van der Waals surface area contributed by atoms with E-state index in [1.54, 1.807) is 0 Å². The summed E-state index contributed by atoms with van der Waals surface area (Å²) < 4.78 is 0. The average Bonchev–Trinajstić information content (AvgIpc) is 2.18. The van der Waals surface area contributed by atoms with Gasteiger partial charge in [-0.15, -0.1) is 0 Å². The molecule has 1 heterocycles. The molecule has 0 spiro atoms. The van der Waals surface area contributed by atoms with Crippen molar-refractivity contribution in [2.75, 3.05) is 5.75 Å². The molecule has 0 aromatic carbocycles. The van der Waals surface area contributed by atoms with E-state index in [-0.39, 0.29) is 0 Å². The van der Waals surface area contributed by atoms with E-state index in [0.717, 1.165) is 10.5 Å². The van der Waals surface area contributed by atoms with Gasteiger partial charge in [0.15, 0.2) is 0 Å². The smallest absolute Gasteiger partial charge is 0.0519 e. The van der Waals surface area contributed by atoms with Gasteiger partial charge in [-0.1, -0.05) is 25.5 Å². The Morgan fingerprint density at radius 3 is 2.53 bits per heavy atom. The van der Waals surface area contributed by atoms with Crippen molar-refractivity contribution in [2.24, 2.45) is 5.84 Å². The van der Waals surface area contributed by atoms with Gasteiger partial charge in [0.05, 0.1) is 6.04 Å². The van der Waals surface area contributed by atoms with Crippen LogP contribution in [0.25, 0.3) is 0 Å². The predicted octanol–water partition coefficient (Wildman–Crippen LogP) is 2.41. The fourth-order valence-electron chi connectivity index (χ4n) is 1.62. The van der Waals surface area contributed by atoms with Crippen molar-refractivity contribution in [2.45, 2.75) is 49.5 Å². The van der Waals surface area contributed by atoms with E-state index < -0.39 is 0 Å². The molecule has 0 amide bonds. The molecule has 3 N–H and O–H groups in total. The Labute approximate surface area is 102 Å². The molecular weight excluding hydrogens is 224 g/mol. The number of nitrogens with one attached hydrogen (secondary N) is 1. The molecule has 4 atom stereocenters. The highest BCUT2D eigenvalue weighted by atomic mass is 32.2. The van der Waals surface area contributed by atoms with Gasteiger partial charge in [-0.25, -0.2) is 0 Å². The van der Waals surface area contributed by atoms with Crippen LogP contribution in [0.5, 0.6) is 0 Å². The topological polar surface area (TPSA) is 38.0 Å². The van der Waals surface area contributed by atoms with Crippen LogP contribution in [0.4, 0.5) is 0 Å². The fourth-order valence-corrected chi connectivity index (χ4v) is 4.67. The predicted molar refractivity (Wildman–Crippen MR) is 73.3 cm³/mol. The highest BCUT2D eigenvalue weighted by molar-refractivity contribution is 8.07. The summed E-state index contributed by atoms with van der Waals surface area (Å²) in [5.41, 5.74) is 4.26. The molecule has 1 saturated heterocycles. The maximum absolute atomic E-state index is 5.61. The maximum atomic E-state index is 5.61. The standard InChI is InChI=1S/C11H22N2S2/c1-7(2)5-10(13-12)11-6-14-8(3)9(4)15-11/h5,8-11,13H,6,12H2,1-4H3. The lowest BCUT2D eigenvalue weighted by atomic mass is 10.1. The normalized spacial score (nSPS) is 33.5. The summed E-state index contributed by atoms with van der Waals surface area (Å²) in [5, 5.41) is 2.08. The lowest BCUT2D eigenvalue weighted by molar-refractivity contribution is 0.609. The molecule has 0 radical (unpaired) electrons. The summed E-state index contributed by atoms with van der Waals surface area (Å²) in [6.07, 6.45) is 2.24. The summed E-state index contributed by atoms with van der Waals surface area (Å²) in [6.45, 7) is 8.86. The lowest BCUT2D eigenvalue weighted by Gasteiger charge is -2.34. The zero-order valence-corrected chi connectivity index (χ0v) is 11.6.